The predicted octanol–water partition coefficient (Wildman–Crippen LogP) is -0.532. The van der Waals surface area contributed by atoms with Crippen molar-refractivity contribution in [2.75, 3.05) is 0 Å². The molecule has 0 atom stereocenters. The predicted molar refractivity (Wildman–Crippen MR) is 49.1 cm³/mol. The van der Waals surface area contributed by atoms with Gasteiger partial charge in [0.15, 0.2) is 26.1 Å². The third-order valence-corrected chi connectivity index (χ3v) is 2.78. The molecule has 0 unspecified atom stereocenters. The monoisotopic (exact) mass is 318 g/mol. The quantitative estimate of drug-likeness (QED) is 0.313. The van der Waals surface area contributed by atoms with Crippen molar-refractivity contribution in [2.45, 2.75) is 0 Å². The molecule has 0 heterocycles. The van der Waals surface area contributed by atoms with Crippen LogP contribution in [0.4, 0.5) is 0 Å². The van der Waals surface area contributed by atoms with E-state index in [4.69, 9.17) is 9.66 Å². The van der Waals surface area contributed by atoms with Crippen molar-refractivity contribution in [1.29, 1.82) is 0 Å². The zero-order chi connectivity index (χ0) is 9.07. The maximum absolute atomic E-state index is 10.1. The molecule has 0 fully saturated rings. The molecule has 0 spiro atoms. The number of rotatable bonds is 3. The number of aliphatic carboxylic acids is 1. The van der Waals surface area contributed by atoms with Crippen molar-refractivity contribution in [1.82, 2.24) is 0 Å². The van der Waals surface area contributed by atoms with E-state index in [2.05, 4.69) is 0 Å². The summed E-state index contributed by atoms with van der Waals surface area (Å²) in [6.45, 7) is 0. The second kappa shape index (κ2) is 6.16. The van der Waals surface area contributed by atoms with Gasteiger partial charge in [0.1, 0.15) is 0 Å². The molecule has 0 bridgehead atoms. The molecule has 0 aromatic carbocycles. The number of hydrogen-bond donors (Lipinski definition) is 2. The van der Waals surface area contributed by atoms with Gasteiger partial charge in [-0.3, -0.25) is 7.62 Å². The Morgan fingerprint density at radius 3 is 1.92 bits per heavy atom. The van der Waals surface area contributed by atoms with E-state index in [0.717, 1.165) is 0 Å². The molecule has 0 amide bonds. The molecule has 0 aliphatic heterocycles. The molecule has 0 saturated heterocycles. The topological polar surface area (TPSA) is 109 Å². The van der Waals surface area contributed by atoms with E-state index in [1.807, 2.05) is 0 Å². The molecule has 0 aromatic heterocycles. The average molecular weight is 318 g/mol. The van der Waals surface area contributed by atoms with Crippen molar-refractivity contribution < 1.29 is 25.9 Å². The minimum atomic E-state index is -4.74. The van der Waals surface area contributed by atoms with E-state index in [9.17, 15) is 16.3 Å². The van der Waals surface area contributed by atoms with Gasteiger partial charge in [0, 0.05) is 4.08 Å². The van der Waals surface area contributed by atoms with Crippen LogP contribution in [-0.2, 0) is 18.0 Å². The molecule has 0 saturated carbocycles. The molecule has 12 heavy (non-hydrogen) atoms. The Hall–Kier alpha value is 0.650. The van der Waals surface area contributed by atoms with Crippen LogP contribution in [-0.4, -0.2) is 53.6 Å². The van der Waals surface area contributed by atoms with Crippen LogP contribution in [0.1, 0.15) is 0 Å². The Balaban J connectivity index is 0. The van der Waals surface area contributed by atoms with Crippen LogP contribution in [0.25, 0.3) is 0 Å². The first kappa shape index (κ1) is 15.1. The van der Waals surface area contributed by atoms with Crippen LogP contribution >= 0.6 is 21.2 Å². The zero-order valence-electron chi connectivity index (χ0n) is 4.89. The van der Waals surface area contributed by atoms with Gasteiger partial charge in [-0.05, 0) is 0 Å². The number of halogens is 1. The van der Waals surface area contributed by atoms with Gasteiger partial charge in [-0.15, -0.1) is 0 Å². The summed E-state index contributed by atoms with van der Waals surface area (Å²) in [7, 11) is -4.74. The zero-order valence-corrected chi connectivity index (χ0v) is 7.86. The molecule has 0 rings (SSSR count). The van der Waals surface area contributed by atoms with Crippen molar-refractivity contribution in [3.63, 3.8) is 0 Å². The molecule has 0 aliphatic rings. The normalized spacial score (nSPS) is 11.9. The fourth-order valence-corrected chi connectivity index (χ4v) is 2.29. The summed E-state index contributed by atoms with van der Waals surface area (Å²) in [5.74, 6) is -1.82. The molecular formula is C3H4INaO6S. The van der Waals surface area contributed by atoms with Crippen molar-refractivity contribution in [3.05, 3.63) is 8.99 Å². The summed E-state index contributed by atoms with van der Waals surface area (Å²) in [5, 5.41) is 8.11. The summed E-state index contributed by atoms with van der Waals surface area (Å²) >= 11 is -1.86. The van der Waals surface area contributed by atoms with Gasteiger partial charge in [-0.2, -0.15) is 8.42 Å². The second-order valence-electron chi connectivity index (χ2n) is 1.34. The van der Waals surface area contributed by atoms with Gasteiger partial charge >= 0.3 is 45.6 Å². The summed E-state index contributed by atoms with van der Waals surface area (Å²) in [5.41, 5.74) is 0. The third-order valence-electron chi connectivity index (χ3n) is 0.632. The van der Waals surface area contributed by atoms with Gasteiger partial charge in [0.05, 0.1) is 0 Å². The SMILES string of the molecule is O=I/C=C(\C(=O)O)S(=O)(=O)O.[NaH]. The standard InChI is InChI=1S/C3H3IO6S.Na.H/c5-3(6)2(1-4-7)11(8,9)10;;/h1H,(H,5,6)(H,8,9,10);;/b2-1+;;. The Morgan fingerprint density at radius 1 is 1.42 bits per heavy atom. The van der Waals surface area contributed by atoms with Crippen LogP contribution in [0.2, 0.25) is 0 Å². The van der Waals surface area contributed by atoms with Crippen LogP contribution in [0.5, 0.6) is 0 Å². The Bertz CT molecular complexity index is 305. The Kier molecular flexibility index (Phi) is 7.77. The van der Waals surface area contributed by atoms with Gasteiger partial charge < -0.3 is 5.11 Å². The van der Waals surface area contributed by atoms with Crippen molar-refractivity contribution >= 4 is 66.8 Å². The molecular weight excluding hydrogens is 314 g/mol. The second-order valence-corrected chi connectivity index (χ2v) is 3.86. The summed E-state index contributed by atoms with van der Waals surface area (Å²) in [6, 6.07) is 0. The van der Waals surface area contributed by atoms with Gasteiger partial charge in [-0.25, -0.2) is 4.79 Å². The minimum absolute atomic E-state index is 0. The fraction of sp³-hybridized carbons (Fsp3) is 0. The van der Waals surface area contributed by atoms with Crippen LogP contribution in [0.15, 0.2) is 8.99 Å². The van der Waals surface area contributed by atoms with Gasteiger partial charge in [-0.1, -0.05) is 0 Å². The van der Waals surface area contributed by atoms with E-state index in [-0.39, 0.29) is 29.6 Å². The van der Waals surface area contributed by atoms with E-state index < -0.39 is 42.2 Å². The number of carboxylic acid groups (broad SMARTS) is 1. The molecule has 0 radical (unpaired) electrons. The first-order valence-corrected chi connectivity index (χ1v) is 5.63. The maximum atomic E-state index is 10.1. The van der Waals surface area contributed by atoms with E-state index in [1.165, 1.54) is 0 Å². The van der Waals surface area contributed by atoms with Crippen LogP contribution in [0, 0.1) is 0 Å². The molecule has 2 N–H and O–H groups in total. The number of carboxylic acids is 1. The van der Waals surface area contributed by atoms with E-state index in [1.54, 1.807) is 0 Å². The first-order chi connectivity index (χ1) is 4.89. The number of hydrogen-bond acceptors (Lipinski definition) is 4. The van der Waals surface area contributed by atoms with Gasteiger partial charge in [0.25, 0.3) is 0 Å². The van der Waals surface area contributed by atoms with Crippen molar-refractivity contribution in [2.24, 2.45) is 0 Å². The van der Waals surface area contributed by atoms with Crippen LogP contribution in [0.3, 0.4) is 0 Å². The summed E-state index contributed by atoms with van der Waals surface area (Å²) < 4.78 is 38.8. The molecule has 6 nitrogen and oxygen atoms in total. The third kappa shape index (κ3) is 5.32. The van der Waals surface area contributed by atoms with Crippen LogP contribution < -0.4 is 0 Å². The summed E-state index contributed by atoms with van der Waals surface area (Å²) in [6.07, 6.45) is 0. The van der Waals surface area contributed by atoms with Gasteiger partial charge in [0.2, 0.25) is 0 Å². The molecule has 0 aliphatic carbocycles. The van der Waals surface area contributed by atoms with E-state index >= 15 is 0 Å². The number of carbonyl (C=O) groups is 1. The average Bonchev–Trinajstić information content (AvgIpc) is 1.79. The first-order valence-electron chi connectivity index (χ1n) is 2.06. The Morgan fingerprint density at radius 2 is 1.83 bits per heavy atom. The van der Waals surface area contributed by atoms with E-state index in [0.29, 0.717) is 4.08 Å². The Labute approximate surface area is 101 Å². The molecule has 66 valence electrons. The molecule has 0 aromatic rings. The summed E-state index contributed by atoms with van der Waals surface area (Å²) in [4.78, 5) is 8.77. The fourth-order valence-electron chi connectivity index (χ4n) is 0.254. The van der Waals surface area contributed by atoms with Crippen molar-refractivity contribution in [3.8, 4) is 0 Å². The molecule has 9 heteroatoms.